The van der Waals surface area contributed by atoms with E-state index in [0.29, 0.717) is 17.5 Å². The van der Waals surface area contributed by atoms with Crippen LogP contribution in [-0.4, -0.2) is 16.6 Å². The van der Waals surface area contributed by atoms with Crippen molar-refractivity contribution in [2.24, 2.45) is 0 Å². The van der Waals surface area contributed by atoms with Gasteiger partial charge in [-0.2, -0.15) is 4.98 Å². The molecule has 0 unspecified atom stereocenters. The molecule has 0 spiro atoms. The largest absolute Gasteiger partial charge is 1.00 e. The molecule has 28 heavy (non-hydrogen) atoms. The molecule has 142 valence electrons. The molecule has 0 saturated carbocycles. The number of para-hydroxylation sites is 1. The monoisotopic (exact) mass is 411 g/mol. The van der Waals surface area contributed by atoms with Gasteiger partial charge in [0.1, 0.15) is 11.4 Å². The third-order valence-electron chi connectivity index (χ3n) is 4.23. The molecule has 0 amide bonds. The fourth-order valence-corrected chi connectivity index (χ4v) is 3.05. The first-order valence-corrected chi connectivity index (χ1v) is 9.21. The van der Waals surface area contributed by atoms with E-state index in [1.807, 2.05) is 79.7 Å². The first kappa shape index (κ1) is 20.1. The minimum Gasteiger partial charge on any atom is -1.00 e. The molecule has 4 rings (SSSR count). The van der Waals surface area contributed by atoms with Crippen LogP contribution < -0.4 is 22.5 Å². The smallest absolute Gasteiger partial charge is 0.240 e. The zero-order chi connectivity index (χ0) is 18.6. The Bertz CT molecular complexity index is 1070. The highest BCUT2D eigenvalue weighted by atomic mass is 35.5. The van der Waals surface area contributed by atoms with Crippen molar-refractivity contribution in [1.29, 1.82) is 0 Å². The number of halogens is 2. The van der Waals surface area contributed by atoms with Gasteiger partial charge in [0.2, 0.25) is 5.82 Å². The second-order valence-corrected chi connectivity index (χ2v) is 6.54. The quantitative estimate of drug-likeness (QED) is 0.510. The second kappa shape index (κ2) is 9.02. The molecule has 0 bridgehead atoms. The molecule has 0 aliphatic rings. The van der Waals surface area contributed by atoms with Gasteiger partial charge in [0.05, 0.1) is 17.5 Å². The van der Waals surface area contributed by atoms with Gasteiger partial charge >= 0.3 is 0 Å². The highest BCUT2D eigenvalue weighted by Gasteiger charge is 2.13. The van der Waals surface area contributed by atoms with Crippen LogP contribution in [-0.2, 0) is 0 Å². The molecule has 0 aliphatic carbocycles. The van der Waals surface area contributed by atoms with Gasteiger partial charge in [0.25, 0.3) is 0 Å². The first-order valence-electron chi connectivity index (χ1n) is 8.83. The molecular formula is C22H19Cl2N3O. The molecule has 0 saturated heterocycles. The number of ether oxygens (including phenoxy) is 1. The lowest BCUT2D eigenvalue weighted by Gasteiger charge is -2.08. The van der Waals surface area contributed by atoms with E-state index in [-0.39, 0.29) is 12.4 Å². The summed E-state index contributed by atoms with van der Waals surface area (Å²) in [5, 5.41) is 3.78. The van der Waals surface area contributed by atoms with Gasteiger partial charge in [0, 0.05) is 22.7 Å². The Kier molecular flexibility index (Phi) is 6.47. The molecule has 1 aromatic heterocycles. The number of nitrogens with two attached hydrogens (primary N) is 1. The second-order valence-electron chi connectivity index (χ2n) is 6.10. The van der Waals surface area contributed by atoms with Crippen molar-refractivity contribution in [3.8, 4) is 17.1 Å². The minimum atomic E-state index is 0. The predicted molar refractivity (Wildman–Crippen MR) is 109 cm³/mol. The van der Waals surface area contributed by atoms with E-state index >= 15 is 0 Å². The van der Waals surface area contributed by atoms with E-state index in [0.717, 1.165) is 33.7 Å². The Balaban J connectivity index is 0.00000225. The van der Waals surface area contributed by atoms with Crippen molar-refractivity contribution in [1.82, 2.24) is 9.97 Å². The summed E-state index contributed by atoms with van der Waals surface area (Å²) in [4.78, 5) is 9.54. The summed E-state index contributed by atoms with van der Waals surface area (Å²) in [6.07, 6.45) is 0. The van der Waals surface area contributed by atoms with Crippen LogP contribution in [0.3, 0.4) is 0 Å². The van der Waals surface area contributed by atoms with Crippen LogP contribution in [0.25, 0.3) is 22.3 Å². The number of rotatable bonds is 5. The Morgan fingerprint density at radius 1 is 0.893 bits per heavy atom. The third-order valence-corrected chi connectivity index (χ3v) is 4.48. The lowest BCUT2D eigenvalue weighted by Crippen LogP contribution is -3.00. The summed E-state index contributed by atoms with van der Waals surface area (Å²) in [5.74, 6) is 2.43. The molecule has 1 heterocycles. The van der Waals surface area contributed by atoms with Crippen molar-refractivity contribution < 1.29 is 22.5 Å². The number of aromatic nitrogens is 2. The molecule has 0 radical (unpaired) electrons. The number of benzene rings is 3. The molecular weight excluding hydrogens is 393 g/mol. The molecule has 0 atom stereocenters. The molecule has 3 aromatic carbocycles. The lowest BCUT2D eigenvalue weighted by atomic mass is 10.2. The average Bonchev–Trinajstić information content (AvgIpc) is 2.70. The molecule has 2 N–H and O–H groups in total. The maximum Gasteiger partial charge on any atom is 0.240 e. The topological polar surface area (TPSA) is 51.6 Å². The summed E-state index contributed by atoms with van der Waals surface area (Å²) in [6.45, 7) is 2.63. The highest BCUT2D eigenvalue weighted by Crippen LogP contribution is 2.24. The minimum absolute atomic E-state index is 0. The first-order chi connectivity index (χ1) is 13.2. The summed E-state index contributed by atoms with van der Waals surface area (Å²) in [5.41, 5.74) is 2.91. The van der Waals surface area contributed by atoms with E-state index in [4.69, 9.17) is 26.3 Å². The van der Waals surface area contributed by atoms with Crippen molar-refractivity contribution >= 4 is 34.0 Å². The van der Waals surface area contributed by atoms with E-state index in [1.54, 1.807) is 0 Å². The Morgan fingerprint density at radius 2 is 1.61 bits per heavy atom. The third kappa shape index (κ3) is 4.42. The van der Waals surface area contributed by atoms with Crippen molar-refractivity contribution in [3.05, 3.63) is 77.8 Å². The normalized spacial score (nSPS) is 10.5. The van der Waals surface area contributed by atoms with Crippen molar-refractivity contribution in [3.63, 3.8) is 0 Å². The summed E-state index contributed by atoms with van der Waals surface area (Å²) >= 11 is 6.01. The summed E-state index contributed by atoms with van der Waals surface area (Å²) in [6, 6.07) is 23.6. The summed E-state index contributed by atoms with van der Waals surface area (Å²) < 4.78 is 5.52. The van der Waals surface area contributed by atoms with E-state index in [9.17, 15) is 0 Å². The van der Waals surface area contributed by atoms with Crippen molar-refractivity contribution in [2.45, 2.75) is 6.92 Å². The van der Waals surface area contributed by atoms with Gasteiger partial charge in [-0.25, -0.2) is 4.98 Å². The van der Waals surface area contributed by atoms with Gasteiger partial charge in [0.15, 0.2) is 5.82 Å². The van der Waals surface area contributed by atoms with E-state index in [2.05, 4.69) is 5.32 Å². The molecule has 4 nitrogen and oxygen atoms in total. The van der Waals surface area contributed by atoms with Gasteiger partial charge < -0.3 is 17.1 Å². The number of fused-ring (bicyclic) bond motifs is 1. The van der Waals surface area contributed by atoms with E-state index < -0.39 is 0 Å². The fraction of sp³-hybridized carbons (Fsp3) is 0.0909. The Morgan fingerprint density at radius 3 is 2.32 bits per heavy atom. The maximum atomic E-state index is 6.01. The number of nitrogens with zero attached hydrogens (tertiary/aromatic N) is 2. The van der Waals surface area contributed by atoms with Crippen LogP contribution in [0.15, 0.2) is 72.8 Å². The number of hydrogen-bond acceptors (Lipinski definition) is 3. The highest BCUT2D eigenvalue weighted by molar-refractivity contribution is 6.30. The number of hydrogen-bond donors (Lipinski definition) is 1. The Labute approximate surface area is 175 Å². The molecule has 0 aliphatic heterocycles. The standard InChI is InChI=1S/C22H18ClN3O.ClH/c1-2-27-18-13-11-17(12-14-18)24-22-19-5-3-4-6-20(19)25-21(26-22)15-7-9-16(23)10-8-15;/h3-14H,2H2,1H3,(H,24,25,26);1H. The summed E-state index contributed by atoms with van der Waals surface area (Å²) in [7, 11) is 0. The van der Waals surface area contributed by atoms with E-state index in [1.165, 1.54) is 0 Å². The molecule has 6 heteroatoms. The van der Waals surface area contributed by atoms with Gasteiger partial charge in [-0.3, -0.25) is 5.32 Å². The Hall–Kier alpha value is -2.66. The van der Waals surface area contributed by atoms with Crippen LogP contribution in [0.1, 0.15) is 6.92 Å². The number of quaternary nitrogens is 1. The molecule has 0 fully saturated rings. The average molecular weight is 412 g/mol. The van der Waals surface area contributed by atoms with Gasteiger partial charge in [-0.05, 0) is 55.5 Å². The van der Waals surface area contributed by atoms with Crippen LogP contribution in [0.2, 0.25) is 5.02 Å². The predicted octanol–water partition coefficient (Wildman–Crippen LogP) is 1.88. The maximum absolute atomic E-state index is 6.01. The van der Waals surface area contributed by atoms with Gasteiger partial charge in [-0.1, -0.05) is 23.7 Å². The van der Waals surface area contributed by atoms with Crippen LogP contribution in [0, 0.1) is 0 Å². The fourth-order valence-electron chi connectivity index (χ4n) is 2.92. The zero-order valence-electron chi connectivity index (χ0n) is 15.3. The van der Waals surface area contributed by atoms with Crippen LogP contribution in [0.5, 0.6) is 5.75 Å². The van der Waals surface area contributed by atoms with Gasteiger partial charge in [-0.15, -0.1) is 0 Å². The zero-order valence-corrected chi connectivity index (χ0v) is 16.8. The molecule has 4 aromatic rings. The lowest BCUT2D eigenvalue weighted by molar-refractivity contribution is -0.481. The SMILES string of the molecule is CCOc1ccc([NH2+]c2nc(-c3ccc(Cl)cc3)nc3ccccc23)cc1.[Cl-]. The van der Waals surface area contributed by atoms with Crippen LogP contribution in [0.4, 0.5) is 11.5 Å². The van der Waals surface area contributed by atoms with Crippen LogP contribution >= 0.6 is 11.6 Å². The van der Waals surface area contributed by atoms with Crippen molar-refractivity contribution in [2.75, 3.05) is 6.61 Å².